The molecule has 1 aliphatic heterocycles. The maximum atomic E-state index is 13.2. The number of piperazine rings is 1. The molecule has 1 aliphatic rings. The average Bonchev–Trinajstić information content (AvgIpc) is 2.63. The van der Waals surface area contributed by atoms with Gasteiger partial charge in [0.15, 0.2) is 0 Å². The van der Waals surface area contributed by atoms with Crippen molar-refractivity contribution < 1.29 is 13.2 Å². The van der Waals surface area contributed by atoms with Gasteiger partial charge in [0.2, 0.25) is 10.0 Å². The molecule has 0 unspecified atom stereocenters. The Bertz CT molecular complexity index is 945. The van der Waals surface area contributed by atoms with Gasteiger partial charge in [0.05, 0.1) is 6.61 Å². The number of rotatable bonds is 5. The molecule has 0 aliphatic carbocycles. The third kappa shape index (κ3) is 4.14. The number of aryl methyl sites for hydroxylation is 3. The van der Waals surface area contributed by atoms with E-state index in [4.69, 9.17) is 16.3 Å². The van der Waals surface area contributed by atoms with Gasteiger partial charge in [0, 0.05) is 36.9 Å². The van der Waals surface area contributed by atoms with Crippen molar-refractivity contribution in [2.24, 2.45) is 0 Å². The lowest BCUT2D eigenvalue weighted by molar-refractivity contribution is 0.327. The summed E-state index contributed by atoms with van der Waals surface area (Å²) in [4.78, 5) is 2.41. The summed E-state index contributed by atoms with van der Waals surface area (Å²) in [6.07, 6.45) is 0. The molecule has 1 heterocycles. The van der Waals surface area contributed by atoms with Crippen LogP contribution >= 0.6 is 11.6 Å². The molecule has 5 nitrogen and oxygen atoms in total. The molecule has 7 heteroatoms. The number of ether oxygens (including phenoxy) is 1. The molecule has 152 valence electrons. The van der Waals surface area contributed by atoms with Crippen molar-refractivity contribution in [3.05, 3.63) is 52.0 Å². The van der Waals surface area contributed by atoms with Crippen molar-refractivity contribution >= 4 is 27.3 Å². The first-order valence-electron chi connectivity index (χ1n) is 9.49. The molecule has 0 radical (unpaired) electrons. The molecule has 2 aromatic rings. The third-order valence-electron chi connectivity index (χ3n) is 5.01. The smallest absolute Gasteiger partial charge is 0.246 e. The van der Waals surface area contributed by atoms with Gasteiger partial charge in [0.25, 0.3) is 0 Å². The van der Waals surface area contributed by atoms with Gasteiger partial charge in [-0.3, -0.25) is 0 Å². The number of sulfonamides is 1. The second-order valence-corrected chi connectivity index (χ2v) is 9.51. The Morgan fingerprint density at radius 1 is 1.00 bits per heavy atom. The zero-order valence-corrected chi connectivity index (χ0v) is 18.4. The van der Waals surface area contributed by atoms with Gasteiger partial charge < -0.3 is 9.64 Å². The lowest BCUT2D eigenvalue weighted by Gasteiger charge is -2.37. The summed E-state index contributed by atoms with van der Waals surface area (Å²) in [5.74, 6) is 0.347. The van der Waals surface area contributed by atoms with Crippen molar-refractivity contribution in [1.29, 1.82) is 0 Å². The van der Waals surface area contributed by atoms with E-state index >= 15 is 0 Å². The number of anilines is 1. The normalized spacial score (nSPS) is 15.7. The molecular formula is C21H27ClN2O3S. The standard InChI is InChI=1S/C21H27ClN2O3S/c1-5-27-19-7-6-18(22)14-20(19)28(25,26)24-10-8-23(9-11-24)21-16(3)12-15(2)13-17(21)4/h6-7,12-14H,5,8-11H2,1-4H3. The van der Waals surface area contributed by atoms with E-state index in [1.165, 1.54) is 32.7 Å². The van der Waals surface area contributed by atoms with Gasteiger partial charge in [0.1, 0.15) is 10.6 Å². The van der Waals surface area contributed by atoms with Crippen LogP contribution in [0, 0.1) is 20.8 Å². The van der Waals surface area contributed by atoms with Crippen molar-refractivity contribution in [3.8, 4) is 5.75 Å². The Hall–Kier alpha value is -1.76. The predicted molar refractivity (Wildman–Crippen MR) is 114 cm³/mol. The first-order chi connectivity index (χ1) is 13.2. The highest BCUT2D eigenvalue weighted by Crippen LogP contribution is 2.32. The second-order valence-electron chi connectivity index (χ2n) is 7.16. The van der Waals surface area contributed by atoms with E-state index in [0.29, 0.717) is 43.6 Å². The summed E-state index contributed by atoms with van der Waals surface area (Å²) in [5, 5.41) is 0.381. The van der Waals surface area contributed by atoms with E-state index < -0.39 is 10.0 Å². The van der Waals surface area contributed by atoms with E-state index in [2.05, 4.69) is 37.8 Å². The minimum Gasteiger partial charge on any atom is -0.492 e. The highest BCUT2D eigenvalue weighted by Gasteiger charge is 2.31. The Balaban J connectivity index is 1.83. The first kappa shape index (κ1) is 21.0. The molecule has 0 spiro atoms. The van der Waals surface area contributed by atoms with Crippen LogP contribution in [0.5, 0.6) is 5.75 Å². The molecular weight excluding hydrogens is 396 g/mol. The summed E-state index contributed by atoms with van der Waals surface area (Å²) >= 11 is 6.07. The number of hydrogen-bond acceptors (Lipinski definition) is 4. The molecule has 0 saturated carbocycles. The number of benzene rings is 2. The maximum Gasteiger partial charge on any atom is 0.246 e. The van der Waals surface area contributed by atoms with Gasteiger partial charge in [-0.15, -0.1) is 0 Å². The van der Waals surface area contributed by atoms with E-state index in [1.807, 2.05) is 6.92 Å². The Labute approximate surface area is 172 Å². The fourth-order valence-corrected chi connectivity index (χ4v) is 5.74. The average molecular weight is 423 g/mol. The molecule has 0 N–H and O–H groups in total. The molecule has 0 amide bonds. The highest BCUT2D eigenvalue weighted by molar-refractivity contribution is 7.89. The Morgan fingerprint density at radius 2 is 1.61 bits per heavy atom. The van der Waals surface area contributed by atoms with Crippen LogP contribution in [-0.2, 0) is 10.0 Å². The van der Waals surface area contributed by atoms with Gasteiger partial charge in [-0.1, -0.05) is 29.3 Å². The van der Waals surface area contributed by atoms with Gasteiger partial charge in [-0.2, -0.15) is 4.31 Å². The molecule has 1 saturated heterocycles. The Kier molecular flexibility index (Phi) is 6.22. The monoisotopic (exact) mass is 422 g/mol. The highest BCUT2D eigenvalue weighted by atomic mass is 35.5. The summed E-state index contributed by atoms with van der Waals surface area (Å²) in [6, 6.07) is 9.08. The van der Waals surface area contributed by atoms with Crippen LogP contribution in [0.25, 0.3) is 0 Å². The summed E-state index contributed by atoms with van der Waals surface area (Å²) < 4.78 is 33.5. The largest absolute Gasteiger partial charge is 0.492 e. The van der Waals surface area contributed by atoms with E-state index in [1.54, 1.807) is 12.1 Å². The van der Waals surface area contributed by atoms with Crippen LogP contribution in [0.2, 0.25) is 5.02 Å². The van der Waals surface area contributed by atoms with Crippen molar-refractivity contribution in [3.63, 3.8) is 0 Å². The van der Waals surface area contributed by atoms with Crippen molar-refractivity contribution in [2.45, 2.75) is 32.6 Å². The fourth-order valence-electron chi connectivity index (χ4n) is 3.92. The SMILES string of the molecule is CCOc1ccc(Cl)cc1S(=O)(=O)N1CCN(c2c(C)cc(C)cc2C)CC1. The number of hydrogen-bond donors (Lipinski definition) is 0. The van der Waals surface area contributed by atoms with Crippen LogP contribution in [0.3, 0.4) is 0 Å². The lowest BCUT2D eigenvalue weighted by Crippen LogP contribution is -2.49. The quantitative estimate of drug-likeness (QED) is 0.725. The fraction of sp³-hybridized carbons (Fsp3) is 0.429. The maximum absolute atomic E-state index is 13.2. The number of halogens is 1. The van der Waals surface area contributed by atoms with E-state index in [-0.39, 0.29) is 4.90 Å². The topological polar surface area (TPSA) is 49.9 Å². The van der Waals surface area contributed by atoms with Gasteiger partial charge in [-0.05, 0) is 57.0 Å². The van der Waals surface area contributed by atoms with Crippen LogP contribution in [0.15, 0.2) is 35.2 Å². The lowest BCUT2D eigenvalue weighted by atomic mass is 10.0. The van der Waals surface area contributed by atoms with E-state index in [9.17, 15) is 8.42 Å². The molecule has 3 rings (SSSR count). The molecule has 0 atom stereocenters. The van der Waals surface area contributed by atoms with Crippen LogP contribution in [0.1, 0.15) is 23.6 Å². The molecule has 1 fully saturated rings. The number of nitrogens with zero attached hydrogens (tertiary/aromatic N) is 2. The third-order valence-corrected chi connectivity index (χ3v) is 7.17. The van der Waals surface area contributed by atoms with Crippen molar-refractivity contribution in [2.75, 3.05) is 37.7 Å². The second kappa shape index (κ2) is 8.31. The van der Waals surface area contributed by atoms with Crippen LogP contribution in [-0.4, -0.2) is 45.5 Å². The van der Waals surface area contributed by atoms with Gasteiger partial charge >= 0.3 is 0 Å². The predicted octanol–water partition coefficient (Wildman–Crippen LogP) is 4.17. The molecule has 2 aromatic carbocycles. The van der Waals surface area contributed by atoms with E-state index in [0.717, 1.165) is 0 Å². The minimum absolute atomic E-state index is 0.137. The molecule has 0 bridgehead atoms. The summed E-state index contributed by atoms with van der Waals surface area (Å²) in [6.45, 7) is 10.7. The van der Waals surface area contributed by atoms with Crippen molar-refractivity contribution in [1.82, 2.24) is 4.31 Å². The van der Waals surface area contributed by atoms with Crippen LogP contribution in [0.4, 0.5) is 5.69 Å². The zero-order chi connectivity index (χ0) is 20.5. The molecule has 28 heavy (non-hydrogen) atoms. The summed E-state index contributed by atoms with van der Waals surface area (Å²) in [5.41, 5.74) is 4.90. The van der Waals surface area contributed by atoms with Crippen LogP contribution < -0.4 is 9.64 Å². The van der Waals surface area contributed by atoms with Gasteiger partial charge in [-0.25, -0.2) is 8.42 Å². The Morgan fingerprint density at radius 3 is 2.18 bits per heavy atom. The first-order valence-corrected chi connectivity index (χ1v) is 11.3. The minimum atomic E-state index is -3.67. The summed E-state index contributed by atoms with van der Waals surface area (Å²) in [7, 11) is -3.67. The molecule has 0 aromatic heterocycles. The zero-order valence-electron chi connectivity index (χ0n) is 16.8.